The van der Waals surface area contributed by atoms with Gasteiger partial charge in [0.2, 0.25) is 0 Å². The van der Waals surface area contributed by atoms with Gasteiger partial charge in [-0.1, -0.05) is 23.7 Å². The third-order valence-corrected chi connectivity index (χ3v) is 7.92. The minimum absolute atomic E-state index is 0.0891. The van der Waals surface area contributed by atoms with Crippen LogP contribution in [0.15, 0.2) is 71.6 Å². The molecular weight excluding hydrogens is 481 g/mol. The van der Waals surface area contributed by atoms with E-state index in [4.69, 9.17) is 11.6 Å². The molecule has 1 aliphatic rings. The van der Waals surface area contributed by atoms with Crippen LogP contribution in [-0.4, -0.2) is 57.6 Å². The molecule has 0 spiro atoms. The summed E-state index contributed by atoms with van der Waals surface area (Å²) < 4.78 is 40.5. The van der Waals surface area contributed by atoms with Gasteiger partial charge in [0.15, 0.2) is 0 Å². The van der Waals surface area contributed by atoms with Crippen LogP contribution in [-0.2, 0) is 10.0 Å². The number of carbonyl (C=O) groups excluding carboxylic acids is 1. The van der Waals surface area contributed by atoms with Crippen molar-refractivity contribution in [3.05, 3.63) is 83.1 Å². The minimum atomic E-state index is -4.01. The predicted octanol–water partition coefficient (Wildman–Crippen LogP) is 3.97. The molecule has 0 saturated carbocycles. The largest absolute Gasteiger partial charge is 0.506 e. The fraction of sp³-hybridized carbons (Fsp3) is 0.208. The maximum Gasteiger partial charge on any atom is 0.264 e. The van der Waals surface area contributed by atoms with E-state index in [0.717, 1.165) is 4.31 Å². The number of anilines is 2. The second-order valence-corrected chi connectivity index (χ2v) is 10.2. The summed E-state index contributed by atoms with van der Waals surface area (Å²) in [5.41, 5.74) is 1.07. The lowest BCUT2D eigenvalue weighted by atomic mass is 10.1. The fourth-order valence-electron chi connectivity index (χ4n) is 3.83. The number of phenolic OH excluding ortho intramolecular Hbond substituents is 1. The number of halogens is 2. The monoisotopic (exact) mass is 503 g/mol. The molecule has 0 radical (unpaired) electrons. The molecule has 1 fully saturated rings. The van der Waals surface area contributed by atoms with E-state index in [0.29, 0.717) is 31.9 Å². The molecule has 0 unspecified atom stereocenters. The highest BCUT2D eigenvalue weighted by atomic mass is 35.5. The zero-order valence-electron chi connectivity index (χ0n) is 18.4. The molecule has 1 amide bonds. The summed E-state index contributed by atoms with van der Waals surface area (Å²) in [5, 5.41) is 10.2. The Morgan fingerprint density at radius 1 is 1.00 bits per heavy atom. The second kappa shape index (κ2) is 9.52. The average Bonchev–Trinajstić information content (AvgIpc) is 2.84. The Morgan fingerprint density at radius 2 is 1.65 bits per heavy atom. The Labute approximate surface area is 202 Å². The van der Waals surface area contributed by atoms with Gasteiger partial charge in [0.05, 0.1) is 26.9 Å². The van der Waals surface area contributed by atoms with Crippen LogP contribution in [0, 0.1) is 5.82 Å². The SMILES string of the molecule is CN(c1ccc(F)cc1)S(=O)(=O)c1ccc(Cl)c(C(=O)N2CCN(c3ccccc3O)CC2)c1. The Hall–Kier alpha value is -3.30. The summed E-state index contributed by atoms with van der Waals surface area (Å²) in [5.74, 6) is -0.673. The summed E-state index contributed by atoms with van der Waals surface area (Å²) >= 11 is 6.28. The molecule has 10 heteroatoms. The number of rotatable bonds is 5. The molecule has 1 N–H and O–H groups in total. The van der Waals surface area contributed by atoms with Crippen LogP contribution in [0.3, 0.4) is 0 Å². The highest BCUT2D eigenvalue weighted by molar-refractivity contribution is 7.92. The first-order valence-electron chi connectivity index (χ1n) is 10.5. The van der Waals surface area contributed by atoms with E-state index in [9.17, 15) is 22.7 Å². The lowest BCUT2D eigenvalue weighted by molar-refractivity contribution is 0.0746. The second-order valence-electron chi connectivity index (χ2n) is 7.86. The van der Waals surface area contributed by atoms with Crippen LogP contribution in [0.1, 0.15) is 10.4 Å². The maximum absolute atomic E-state index is 13.2. The highest BCUT2D eigenvalue weighted by Gasteiger charge is 2.28. The lowest BCUT2D eigenvalue weighted by Gasteiger charge is -2.36. The van der Waals surface area contributed by atoms with Crippen LogP contribution in [0.25, 0.3) is 0 Å². The number of hydrogen-bond acceptors (Lipinski definition) is 5. The van der Waals surface area contributed by atoms with Crippen LogP contribution >= 0.6 is 11.6 Å². The number of benzene rings is 3. The van der Waals surface area contributed by atoms with Crippen LogP contribution in [0.4, 0.5) is 15.8 Å². The molecule has 0 aromatic heterocycles. The number of amides is 1. The van der Waals surface area contributed by atoms with E-state index in [1.807, 2.05) is 17.0 Å². The number of aromatic hydroxyl groups is 1. The smallest absolute Gasteiger partial charge is 0.264 e. The molecule has 178 valence electrons. The summed E-state index contributed by atoms with van der Waals surface area (Å²) in [4.78, 5) is 16.7. The van der Waals surface area contributed by atoms with Crippen molar-refractivity contribution in [1.82, 2.24) is 4.90 Å². The lowest BCUT2D eigenvalue weighted by Crippen LogP contribution is -2.48. The normalized spacial score (nSPS) is 14.2. The van der Waals surface area contributed by atoms with Gasteiger partial charge in [0.25, 0.3) is 15.9 Å². The summed E-state index contributed by atoms with van der Waals surface area (Å²) in [6.45, 7) is 1.78. The number of phenols is 1. The van der Waals surface area contributed by atoms with Crippen molar-refractivity contribution >= 4 is 38.9 Å². The van der Waals surface area contributed by atoms with E-state index < -0.39 is 15.8 Å². The first-order valence-corrected chi connectivity index (χ1v) is 12.4. The third-order valence-electron chi connectivity index (χ3n) is 5.81. The van der Waals surface area contributed by atoms with Gasteiger partial charge in [0, 0.05) is 33.2 Å². The zero-order valence-corrected chi connectivity index (χ0v) is 19.9. The van der Waals surface area contributed by atoms with Gasteiger partial charge in [-0.3, -0.25) is 9.10 Å². The zero-order chi connectivity index (χ0) is 24.5. The van der Waals surface area contributed by atoms with Crippen molar-refractivity contribution in [2.45, 2.75) is 4.90 Å². The molecule has 3 aromatic carbocycles. The van der Waals surface area contributed by atoms with E-state index in [-0.39, 0.29) is 32.8 Å². The van der Waals surface area contributed by atoms with Crippen LogP contribution in [0.5, 0.6) is 5.75 Å². The van der Waals surface area contributed by atoms with Crippen molar-refractivity contribution < 1.29 is 22.7 Å². The van der Waals surface area contributed by atoms with Crippen molar-refractivity contribution in [2.24, 2.45) is 0 Å². The fourth-order valence-corrected chi connectivity index (χ4v) is 5.25. The third kappa shape index (κ3) is 4.67. The Bertz CT molecular complexity index is 1310. The summed E-state index contributed by atoms with van der Waals surface area (Å²) in [7, 11) is -2.65. The predicted molar refractivity (Wildman–Crippen MR) is 130 cm³/mol. The van der Waals surface area contributed by atoms with Crippen LogP contribution in [0.2, 0.25) is 5.02 Å². The van der Waals surface area contributed by atoms with Crippen LogP contribution < -0.4 is 9.21 Å². The van der Waals surface area contributed by atoms with E-state index >= 15 is 0 Å². The standard InChI is InChI=1S/C24H23ClFN3O4S/c1-27(18-8-6-17(26)7-9-18)34(32,33)19-10-11-21(25)20(16-19)24(31)29-14-12-28(13-15-29)22-4-2-3-5-23(22)30/h2-11,16,30H,12-15H2,1H3. The minimum Gasteiger partial charge on any atom is -0.506 e. The van der Waals surface area contributed by atoms with E-state index in [1.54, 1.807) is 17.0 Å². The molecule has 0 bridgehead atoms. The van der Waals surface area contributed by atoms with E-state index in [1.165, 1.54) is 49.5 Å². The highest BCUT2D eigenvalue weighted by Crippen LogP contribution is 2.29. The molecule has 0 atom stereocenters. The summed E-state index contributed by atoms with van der Waals surface area (Å²) in [6.07, 6.45) is 0. The van der Waals surface area contributed by atoms with Gasteiger partial charge in [-0.05, 0) is 54.6 Å². The van der Waals surface area contributed by atoms with Crippen molar-refractivity contribution in [3.8, 4) is 5.75 Å². The summed E-state index contributed by atoms with van der Waals surface area (Å²) in [6, 6.07) is 16.1. The van der Waals surface area contributed by atoms with Gasteiger partial charge in [-0.15, -0.1) is 0 Å². The number of piperazine rings is 1. The number of carbonyl (C=O) groups is 1. The number of para-hydroxylation sites is 2. The van der Waals surface area contributed by atoms with E-state index in [2.05, 4.69) is 0 Å². The molecule has 3 aromatic rings. The molecule has 1 aliphatic heterocycles. The van der Waals surface area contributed by atoms with Gasteiger partial charge in [0.1, 0.15) is 11.6 Å². The van der Waals surface area contributed by atoms with Crippen molar-refractivity contribution in [2.75, 3.05) is 42.4 Å². The molecule has 4 rings (SSSR count). The first kappa shape index (κ1) is 23.8. The van der Waals surface area contributed by atoms with Crippen molar-refractivity contribution in [1.29, 1.82) is 0 Å². The number of nitrogens with zero attached hydrogens (tertiary/aromatic N) is 3. The Kier molecular flexibility index (Phi) is 6.67. The van der Waals surface area contributed by atoms with Crippen molar-refractivity contribution in [3.63, 3.8) is 0 Å². The quantitative estimate of drug-likeness (QED) is 0.569. The molecular formula is C24H23ClFN3O4S. The molecule has 1 heterocycles. The Morgan fingerprint density at radius 3 is 2.29 bits per heavy atom. The van der Waals surface area contributed by atoms with Gasteiger partial charge in [-0.25, -0.2) is 12.8 Å². The number of hydrogen-bond donors (Lipinski definition) is 1. The first-order chi connectivity index (χ1) is 16.2. The molecule has 7 nitrogen and oxygen atoms in total. The van der Waals surface area contributed by atoms with Gasteiger partial charge >= 0.3 is 0 Å². The Balaban J connectivity index is 1.53. The topological polar surface area (TPSA) is 81.2 Å². The molecule has 1 saturated heterocycles. The maximum atomic E-state index is 13.2. The van der Waals surface area contributed by atoms with Gasteiger partial charge in [-0.2, -0.15) is 0 Å². The number of sulfonamides is 1. The average molecular weight is 504 g/mol. The molecule has 34 heavy (non-hydrogen) atoms. The van der Waals surface area contributed by atoms with Gasteiger partial charge < -0.3 is 14.9 Å². The molecule has 0 aliphatic carbocycles.